The molecule has 0 radical (unpaired) electrons. The van der Waals surface area contributed by atoms with Gasteiger partial charge in [0.25, 0.3) is 0 Å². The van der Waals surface area contributed by atoms with E-state index in [1.54, 1.807) is 0 Å². The fourth-order valence-corrected chi connectivity index (χ4v) is 2.89. The van der Waals surface area contributed by atoms with Crippen LogP contribution in [0.15, 0.2) is 53.6 Å². The zero-order valence-electron chi connectivity index (χ0n) is 13.6. The van der Waals surface area contributed by atoms with Gasteiger partial charge < -0.3 is 5.11 Å². The first-order chi connectivity index (χ1) is 13.0. The number of hydrazone groups is 1. The quantitative estimate of drug-likeness (QED) is 0.353. The molecule has 1 heterocycles. The molecule has 0 unspecified atom stereocenters. The summed E-state index contributed by atoms with van der Waals surface area (Å²) in [7, 11) is 0. The minimum atomic E-state index is -0.996. The van der Waals surface area contributed by atoms with E-state index in [4.69, 9.17) is 11.6 Å². The summed E-state index contributed by atoms with van der Waals surface area (Å²) in [6.07, 6.45) is 1.17. The number of carbonyl (C=O) groups is 2. The van der Waals surface area contributed by atoms with Crippen LogP contribution in [0.5, 0.6) is 5.75 Å². The highest BCUT2D eigenvalue weighted by Gasteiger charge is 2.16. The summed E-state index contributed by atoms with van der Waals surface area (Å²) >= 11 is 6.94. The first-order valence-corrected chi connectivity index (χ1v) is 8.74. The number of hydrogen-bond acceptors (Lipinski definition) is 7. The first kappa shape index (κ1) is 18.5. The SMILES string of the molecule is O=C(N/N=C/c1cc(Cl)ccc1O)C(=O)Nc1nnc(-c2ccccc2)s1. The van der Waals surface area contributed by atoms with Crippen molar-refractivity contribution in [1.82, 2.24) is 15.6 Å². The van der Waals surface area contributed by atoms with E-state index in [0.29, 0.717) is 15.6 Å². The topological polar surface area (TPSA) is 117 Å². The van der Waals surface area contributed by atoms with Gasteiger partial charge in [-0.2, -0.15) is 5.10 Å². The Balaban J connectivity index is 1.58. The average Bonchev–Trinajstić information content (AvgIpc) is 3.13. The zero-order valence-corrected chi connectivity index (χ0v) is 15.2. The number of nitrogens with one attached hydrogen (secondary N) is 2. The molecule has 0 aliphatic heterocycles. The van der Waals surface area contributed by atoms with Crippen LogP contribution < -0.4 is 10.7 Å². The number of rotatable bonds is 4. The van der Waals surface area contributed by atoms with E-state index in [1.165, 1.54) is 24.4 Å². The summed E-state index contributed by atoms with van der Waals surface area (Å²) in [4.78, 5) is 23.7. The lowest BCUT2D eigenvalue weighted by molar-refractivity contribution is -0.136. The molecule has 2 aromatic carbocycles. The smallest absolute Gasteiger partial charge is 0.329 e. The number of phenols is 1. The number of nitrogens with zero attached hydrogens (tertiary/aromatic N) is 3. The first-order valence-electron chi connectivity index (χ1n) is 7.55. The number of anilines is 1. The molecule has 0 aliphatic carbocycles. The van der Waals surface area contributed by atoms with Crippen molar-refractivity contribution in [2.45, 2.75) is 0 Å². The van der Waals surface area contributed by atoms with E-state index in [1.807, 2.05) is 30.3 Å². The summed E-state index contributed by atoms with van der Waals surface area (Å²) in [5.74, 6) is -2.01. The van der Waals surface area contributed by atoms with Crippen molar-refractivity contribution in [1.29, 1.82) is 0 Å². The van der Waals surface area contributed by atoms with Gasteiger partial charge in [-0.25, -0.2) is 5.43 Å². The third kappa shape index (κ3) is 4.87. The molecule has 0 saturated carbocycles. The summed E-state index contributed by atoms with van der Waals surface area (Å²) in [6, 6.07) is 13.7. The fraction of sp³-hybridized carbons (Fsp3) is 0. The van der Waals surface area contributed by atoms with Crippen LogP contribution in [0.25, 0.3) is 10.6 Å². The van der Waals surface area contributed by atoms with Crippen LogP contribution in [0.1, 0.15) is 5.56 Å². The van der Waals surface area contributed by atoms with E-state index >= 15 is 0 Å². The third-order valence-corrected chi connectivity index (χ3v) is 4.35. The van der Waals surface area contributed by atoms with Crippen molar-refractivity contribution >= 4 is 46.1 Å². The lowest BCUT2D eigenvalue weighted by Crippen LogP contribution is -2.32. The molecule has 10 heteroatoms. The second-order valence-corrected chi connectivity index (χ2v) is 6.55. The number of hydrogen-bond donors (Lipinski definition) is 3. The molecule has 3 rings (SSSR count). The predicted molar refractivity (Wildman–Crippen MR) is 103 cm³/mol. The Bertz CT molecular complexity index is 1010. The maximum atomic E-state index is 11.9. The maximum absolute atomic E-state index is 11.9. The van der Waals surface area contributed by atoms with E-state index in [9.17, 15) is 14.7 Å². The molecular weight excluding hydrogens is 390 g/mol. The van der Waals surface area contributed by atoms with Crippen molar-refractivity contribution in [3.8, 4) is 16.3 Å². The molecule has 0 fully saturated rings. The number of aromatic nitrogens is 2. The van der Waals surface area contributed by atoms with Crippen LogP contribution >= 0.6 is 22.9 Å². The summed E-state index contributed by atoms with van der Waals surface area (Å²) in [5.41, 5.74) is 3.20. The highest BCUT2D eigenvalue weighted by Crippen LogP contribution is 2.25. The van der Waals surface area contributed by atoms with E-state index < -0.39 is 11.8 Å². The maximum Gasteiger partial charge on any atom is 0.329 e. The molecule has 0 bridgehead atoms. The molecule has 27 heavy (non-hydrogen) atoms. The average molecular weight is 402 g/mol. The highest BCUT2D eigenvalue weighted by atomic mass is 35.5. The second-order valence-electron chi connectivity index (χ2n) is 5.13. The van der Waals surface area contributed by atoms with Crippen molar-refractivity contribution in [2.24, 2.45) is 5.10 Å². The van der Waals surface area contributed by atoms with E-state index in [2.05, 4.69) is 26.0 Å². The van der Waals surface area contributed by atoms with Crippen molar-refractivity contribution in [3.63, 3.8) is 0 Å². The highest BCUT2D eigenvalue weighted by molar-refractivity contribution is 7.18. The van der Waals surface area contributed by atoms with Crippen LogP contribution in [0.3, 0.4) is 0 Å². The molecule has 0 atom stereocenters. The zero-order chi connectivity index (χ0) is 19.2. The van der Waals surface area contributed by atoms with E-state index in [-0.39, 0.29) is 10.9 Å². The lowest BCUT2D eigenvalue weighted by Gasteiger charge is -2.00. The molecule has 0 aliphatic rings. The van der Waals surface area contributed by atoms with Crippen LogP contribution in [0.2, 0.25) is 5.02 Å². The molecule has 136 valence electrons. The minimum absolute atomic E-state index is 0.0656. The van der Waals surface area contributed by atoms with Crippen molar-refractivity contribution in [2.75, 3.05) is 5.32 Å². The molecule has 1 aromatic heterocycles. The van der Waals surface area contributed by atoms with Gasteiger partial charge in [0.15, 0.2) is 0 Å². The number of carbonyl (C=O) groups excluding carboxylic acids is 2. The third-order valence-electron chi connectivity index (χ3n) is 3.23. The van der Waals surface area contributed by atoms with Gasteiger partial charge in [-0.3, -0.25) is 14.9 Å². The van der Waals surface area contributed by atoms with Gasteiger partial charge in [0, 0.05) is 16.1 Å². The Morgan fingerprint density at radius 2 is 1.89 bits per heavy atom. The van der Waals surface area contributed by atoms with Gasteiger partial charge in [0.1, 0.15) is 10.8 Å². The molecule has 0 spiro atoms. The van der Waals surface area contributed by atoms with Gasteiger partial charge in [0.05, 0.1) is 6.21 Å². The second kappa shape index (κ2) is 8.39. The van der Waals surface area contributed by atoms with Crippen LogP contribution in [0, 0.1) is 0 Å². The Hall–Kier alpha value is -3.30. The van der Waals surface area contributed by atoms with Gasteiger partial charge in [-0.1, -0.05) is 53.3 Å². The monoisotopic (exact) mass is 401 g/mol. The van der Waals surface area contributed by atoms with Crippen LogP contribution in [0.4, 0.5) is 5.13 Å². The molecule has 3 N–H and O–H groups in total. The Kier molecular flexibility index (Phi) is 5.74. The Morgan fingerprint density at radius 3 is 2.67 bits per heavy atom. The number of halogens is 1. The van der Waals surface area contributed by atoms with Crippen molar-refractivity contribution < 1.29 is 14.7 Å². The summed E-state index contributed by atoms with van der Waals surface area (Å²) in [6.45, 7) is 0. The number of aromatic hydroxyl groups is 1. The lowest BCUT2D eigenvalue weighted by atomic mass is 10.2. The van der Waals surface area contributed by atoms with Crippen LogP contribution in [-0.4, -0.2) is 33.3 Å². The molecule has 3 aromatic rings. The Morgan fingerprint density at radius 1 is 1.11 bits per heavy atom. The normalized spacial score (nSPS) is 10.7. The number of amides is 2. The summed E-state index contributed by atoms with van der Waals surface area (Å²) < 4.78 is 0. The van der Waals surface area contributed by atoms with Gasteiger partial charge in [-0.05, 0) is 18.2 Å². The van der Waals surface area contributed by atoms with Gasteiger partial charge in [-0.15, -0.1) is 10.2 Å². The standard InChI is InChI=1S/C17H12ClN5O3S/c18-12-6-7-13(24)11(8-12)9-19-21-15(26)14(25)20-17-23-22-16(27-17)10-4-2-1-3-5-10/h1-9,24H,(H,21,26)(H,20,23,25)/b19-9+. The van der Waals surface area contributed by atoms with Gasteiger partial charge in [0.2, 0.25) is 5.13 Å². The largest absolute Gasteiger partial charge is 0.507 e. The predicted octanol–water partition coefficient (Wildman–Crippen LogP) is 2.65. The Labute approximate surface area is 162 Å². The van der Waals surface area contributed by atoms with Crippen molar-refractivity contribution in [3.05, 3.63) is 59.1 Å². The van der Waals surface area contributed by atoms with E-state index in [0.717, 1.165) is 16.9 Å². The molecular formula is C17H12ClN5O3S. The fourth-order valence-electron chi connectivity index (χ4n) is 1.97. The molecule has 0 saturated heterocycles. The number of benzene rings is 2. The summed E-state index contributed by atoms with van der Waals surface area (Å²) in [5, 5.41) is 24.6. The minimum Gasteiger partial charge on any atom is -0.507 e. The molecule has 8 nitrogen and oxygen atoms in total. The number of phenolic OH excluding ortho intramolecular Hbond substituents is 1. The van der Waals surface area contributed by atoms with Crippen LogP contribution in [-0.2, 0) is 9.59 Å². The van der Waals surface area contributed by atoms with Gasteiger partial charge >= 0.3 is 11.8 Å². The molecule has 2 amide bonds.